The number of aromatic nitrogens is 3. The van der Waals surface area contributed by atoms with Crippen LogP contribution in [0.5, 0.6) is 11.8 Å². The van der Waals surface area contributed by atoms with Crippen LogP contribution in [0.25, 0.3) is 10.6 Å². The molecule has 0 aliphatic heterocycles. The highest BCUT2D eigenvalue weighted by molar-refractivity contribution is 7.15. The SMILES string of the molecule is Cn1nc(C(F)(F)F)cc1Oc1cc(C#N)cc(-c2ccc(C(F)(F)F)s2)n1. The van der Waals surface area contributed by atoms with Crippen molar-refractivity contribution in [3.8, 4) is 28.4 Å². The summed E-state index contributed by atoms with van der Waals surface area (Å²) in [5.74, 6) is -0.559. The molecule has 0 saturated carbocycles. The minimum atomic E-state index is -4.68. The van der Waals surface area contributed by atoms with Crippen LogP contribution in [0.15, 0.2) is 30.3 Å². The molecule has 0 aliphatic rings. The summed E-state index contributed by atoms with van der Waals surface area (Å²) < 4.78 is 82.7. The Bertz CT molecular complexity index is 1060. The Morgan fingerprint density at radius 3 is 2.32 bits per heavy atom. The van der Waals surface area contributed by atoms with E-state index in [-0.39, 0.29) is 27.9 Å². The Labute approximate surface area is 157 Å². The van der Waals surface area contributed by atoms with Gasteiger partial charge in [0.2, 0.25) is 11.8 Å². The number of rotatable bonds is 3. The lowest BCUT2D eigenvalue weighted by molar-refractivity contribution is -0.141. The molecular formula is C16H8F6N4OS. The number of nitrogens with zero attached hydrogens (tertiary/aromatic N) is 4. The van der Waals surface area contributed by atoms with E-state index in [2.05, 4.69) is 10.1 Å². The number of aryl methyl sites for hydroxylation is 1. The summed E-state index contributed by atoms with van der Waals surface area (Å²) in [6.07, 6.45) is -9.21. The van der Waals surface area contributed by atoms with E-state index in [1.165, 1.54) is 19.2 Å². The first-order chi connectivity index (χ1) is 13.0. The van der Waals surface area contributed by atoms with Crippen molar-refractivity contribution in [2.24, 2.45) is 7.05 Å². The van der Waals surface area contributed by atoms with Gasteiger partial charge in [-0.3, -0.25) is 0 Å². The van der Waals surface area contributed by atoms with Gasteiger partial charge in [-0.2, -0.15) is 36.7 Å². The van der Waals surface area contributed by atoms with Crippen molar-refractivity contribution in [1.82, 2.24) is 14.8 Å². The predicted molar refractivity (Wildman–Crippen MR) is 85.6 cm³/mol. The van der Waals surface area contributed by atoms with Crippen LogP contribution in [0.1, 0.15) is 16.1 Å². The Hall–Kier alpha value is -3.07. The van der Waals surface area contributed by atoms with Gasteiger partial charge in [0.1, 0.15) is 4.88 Å². The molecule has 0 aromatic carbocycles. The second-order valence-electron chi connectivity index (χ2n) is 5.44. The van der Waals surface area contributed by atoms with E-state index in [1.807, 2.05) is 0 Å². The summed E-state index contributed by atoms with van der Waals surface area (Å²) in [5, 5.41) is 12.4. The largest absolute Gasteiger partial charge is 0.435 e. The minimum absolute atomic E-state index is 0.0140. The second kappa shape index (κ2) is 6.83. The Kier molecular flexibility index (Phi) is 4.80. The number of hydrogen-bond acceptors (Lipinski definition) is 5. The first-order valence-electron chi connectivity index (χ1n) is 7.36. The van der Waals surface area contributed by atoms with E-state index < -0.39 is 22.9 Å². The maximum atomic E-state index is 12.8. The highest BCUT2D eigenvalue weighted by Gasteiger charge is 2.35. The molecule has 0 aliphatic carbocycles. The summed E-state index contributed by atoms with van der Waals surface area (Å²) in [6, 6.07) is 6.92. The molecule has 0 N–H and O–H groups in total. The summed E-state index contributed by atoms with van der Waals surface area (Å²) in [4.78, 5) is 3.27. The van der Waals surface area contributed by atoms with Crippen LogP contribution in [-0.2, 0) is 19.4 Å². The average molecular weight is 418 g/mol. The maximum absolute atomic E-state index is 12.8. The number of halogens is 6. The molecule has 3 heterocycles. The Balaban J connectivity index is 1.98. The molecule has 0 amide bonds. The maximum Gasteiger partial charge on any atom is 0.435 e. The molecule has 0 fully saturated rings. The molecule has 146 valence electrons. The van der Waals surface area contributed by atoms with E-state index >= 15 is 0 Å². The summed E-state index contributed by atoms with van der Waals surface area (Å²) >= 11 is 0.419. The molecule has 3 aromatic rings. The third kappa shape index (κ3) is 4.09. The average Bonchev–Trinajstić information content (AvgIpc) is 3.22. The minimum Gasteiger partial charge on any atom is -0.421 e. The zero-order valence-electron chi connectivity index (χ0n) is 13.8. The van der Waals surface area contributed by atoms with Crippen molar-refractivity contribution in [1.29, 1.82) is 5.26 Å². The standard InChI is InChI=1S/C16H8F6N4OS/c1-26-14(6-11(25-26)15(17,18)19)27-13-5-8(7-23)4-9(24-13)10-2-3-12(28-10)16(20,21)22/h2-6H,1H3. The van der Waals surface area contributed by atoms with E-state index in [1.54, 1.807) is 6.07 Å². The van der Waals surface area contributed by atoms with Crippen LogP contribution < -0.4 is 4.74 Å². The molecule has 0 bridgehead atoms. The van der Waals surface area contributed by atoms with Gasteiger partial charge in [0.25, 0.3) is 0 Å². The van der Waals surface area contributed by atoms with E-state index in [0.29, 0.717) is 17.4 Å². The lowest BCUT2D eigenvalue weighted by Crippen LogP contribution is -2.06. The molecule has 12 heteroatoms. The van der Waals surface area contributed by atoms with Crippen molar-refractivity contribution in [2.75, 3.05) is 0 Å². The molecule has 0 radical (unpaired) electrons. The lowest BCUT2D eigenvalue weighted by Gasteiger charge is -2.07. The molecule has 3 aromatic heterocycles. The molecule has 0 atom stereocenters. The van der Waals surface area contributed by atoms with Gasteiger partial charge < -0.3 is 4.74 Å². The zero-order chi connectivity index (χ0) is 20.7. The van der Waals surface area contributed by atoms with E-state index in [9.17, 15) is 26.3 Å². The number of pyridine rings is 1. The Morgan fingerprint density at radius 1 is 1.07 bits per heavy atom. The van der Waals surface area contributed by atoms with Crippen molar-refractivity contribution < 1.29 is 31.1 Å². The number of alkyl halides is 6. The van der Waals surface area contributed by atoms with Gasteiger partial charge in [0.05, 0.1) is 22.2 Å². The van der Waals surface area contributed by atoms with E-state index in [0.717, 1.165) is 16.8 Å². The molecule has 5 nitrogen and oxygen atoms in total. The number of hydrogen-bond donors (Lipinski definition) is 0. The molecule has 3 rings (SSSR count). The van der Waals surface area contributed by atoms with Crippen LogP contribution in [0.3, 0.4) is 0 Å². The number of thiophene rings is 1. The number of ether oxygens (including phenoxy) is 1. The van der Waals surface area contributed by atoms with Crippen LogP contribution in [-0.4, -0.2) is 14.8 Å². The van der Waals surface area contributed by atoms with E-state index in [4.69, 9.17) is 10.00 Å². The monoisotopic (exact) mass is 418 g/mol. The molecule has 28 heavy (non-hydrogen) atoms. The predicted octanol–water partition coefficient (Wildman–Crippen LogP) is 5.25. The molecule has 0 unspecified atom stereocenters. The smallest absolute Gasteiger partial charge is 0.421 e. The van der Waals surface area contributed by atoms with Gasteiger partial charge >= 0.3 is 12.4 Å². The fraction of sp³-hybridized carbons (Fsp3) is 0.188. The van der Waals surface area contributed by atoms with Gasteiger partial charge in [-0.05, 0) is 18.2 Å². The quantitative estimate of drug-likeness (QED) is 0.546. The van der Waals surface area contributed by atoms with Crippen LogP contribution >= 0.6 is 11.3 Å². The first kappa shape index (κ1) is 19.7. The van der Waals surface area contributed by atoms with Gasteiger partial charge in [0.15, 0.2) is 5.69 Å². The summed E-state index contributed by atoms with van der Waals surface area (Å²) in [6.45, 7) is 0. The van der Waals surface area contributed by atoms with Crippen LogP contribution in [0.2, 0.25) is 0 Å². The highest BCUT2D eigenvalue weighted by Crippen LogP contribution is 2.39. The third-order valence-corrected chi connectivity index (χ3v) is 4.56. The highest BCUT2D eigenvalue weighted by atomic mass is 32.1. The number of nitriles is 1. The summed E-state index contributed by atoms with van der Waals surface area (Å²) in [7, 11) is 1.22. The molecular weight excluding hydrogens is 410 g/mol. The summed E-state index contributed by atoms with van der Waals surface area (Å²) in [5.41, 5.74) is -1.15. The van der Waals surface area contributed by atoms with Crippen LogP contribution in [0.4, 0.5) is 26.3 Å². The van der Waals surface area contributed by atoms with Crippen molar-refractivity contribution >= 4 is 11.3 Å². The fourth-order valence-electron chi connectivity index (χ4n) is 2.17. The Morgan fingerprint density at radius 2 is 1.79 bits per heavy atom. The normalized spacial score (nSPS) is 12.1. The van der Waals surface area contributed by atoms with Crippen molar-refractivity contribution in [2.45, 2.75) is 12.4 Å². The van der Waals surface area contributed by atoms with Crippen molar-refractivity contribution in [3.63, 3.8) is 0 Å². The third-order valence-electron chi connectivity index (χ3n) is 3.41. The van der Waals surface area contributed by atoms with Gasteiger partial charge in [-0.25, -0.2) is 9.67 Å². The lowest BCUT2D eigenvalue weighted by atomic mass is 10.2. The topological polar surface area (TPSA) is 63.7 Å². The van der Waals surface area contributed by atoms with Gasteiger partial charge in [-0.15, -0.1) is 11.3 Å². The van der Waals surface area contributed by atoms with Crippen molar-refractivity contribution in [3.05, 3.63) is 46.5 Å². The van der Waals surface area contributed by atoms with Crippen LogP contribution in [0, 0.1) is 11.3 Å². The molecule has 0 spiro atoms. The zero-order valence-corrected chi connectivity index (χ0v) is 14.6. The fourth-order valence-corrected chi connectivity index (χ4v) is 3.00. The second-order valence-corrected chi connectivity index (χ2v) is 6.53. The van der Waals surface area contributed by atoms with Gasteiger partial charge in [0, 0.05) is 19.2 Å². The molecule has 0 saturated heterocycles. The first-order valence-corrected chi connectivity index (χ1v) is 8.17. The van der Waals surface area contributed by atoms with Gasteiger partial charge in [-0.1, -0.05) is 0 Å².